The normalized spacial score (nSPS) is 18.0. The van der Waals surface area contributed by atoms with Gasteiger partial charge in [0.15, 0.2) is 0 Å². The summed E-state index contributed by atoms with van der Waals surface area (Å²) in [6.45, 7) is 5.83. The Labute approximate surface area is 136 Å². The van der Waals surface area contributed by atoms with Crippen molar-refractivity contribution in [1.29, 1.82) is 0 Å². The van der Waals surface area contributed by atoms with Crippen LogP contribution in [0, 0.1) is 5.92 Å². The molecule has 1 aromatic carbocycles. The average molecular weight is 375 g/mol. The minimum Gasteiger partial charge on any atom is -0.303 e. The number of alkyl halides is 1. The van der Waals surface area contributed by atoms with Crippen molar-refractivity contribution >= 4 is 26.0 Å². The lowest BCUT2D eigenvalue weighted by atomic mass is 10.2. The second-order valence-electron chi connectivity index (χ2n) is 5.74. The number of hydrogen-bond acceptors (Lipinski definition) is 3. The van der Waals surface area contributed by atoms with Crippen molar-refractivity contribution in [3.63, 3.8) is 0 Å². The summed E-state index contributed by atoms with van der Waals surface area (Å²) < 4.78 is 27.2. The second-order valence-corrected chi connectivity index (χ2v) is 8.07. The summed E-state index contributed by atoms with van der Waals surface area (Å²) in [5.41, 5.74) is 1.07. The first-order valence-electron chi connectivity index (χ1n) is 7.38. The molecule has 1 aromatic rings. The van der Waals surface area contributed by atoms with E-state index in [1.54, 1.807) is 12.1 Å². The van der Waals surface area contributed by atoms with Crippen LogP contribution < -0.4 is 4.72 Å². The van der Waals surface area contributed by atoms with Gasteiger partial charge in [-0.05, 0) is 49.5 Å². The number of halogens is 1. The summed E-state index contributed by atoms with van der Waals surface area (Å²) in [5, 5.41) is 0.730. The smallest absolute Gasteiger partial charge is 0.240 e. The minimum atomic E-state index is -3.40. The molecule has 1 aliphatic rings. The van der Waals surface area contributed by atoms with Gasteiger partial charge >= 0.3 is 0 Å². The molecule has 1 fully saturated rings. The van der Waals surface area contributed by atoms with Crippen molar-refractivity contribution in [1.82, 2.24) is 9.62 Å². The molecular formula is C15H23BrN2O2S. The zero-order valence-corrected chi connectivity index (χ0v) is 14.8. The van der Waals surface area contributed by atoms with E-state index >= 15 is 0 Å². The molecule has 1 aliphatic heterocycles. The van der Waals surface area contributed by atoms with Gasteiger partial charge in [-0.15, -0.1) is 0 Å². The third kappa shape index (κ3) is 5.06. The van der Waals surface area contributed by atoms with Crippen molar-refractivity contribution in [2.24, 2.45) is 5.92 Å². The van der Waals surface area contributed by atoms with Crippen LogP contribution in [0.3, 0.4) is 0 Å². The van der Waals surface area contributed by atoms with E-state index in [9.17, 15) is 8.42 Å². The third-order valence-electron chi connectivity index (χ3n) is 3.78. The molecular weight excluding hydrogens is 352 g/mol. The van der Waals surface area contributed by atoms with Crippen LogP contribution in [0.2, 0.25) is 0 Å². The Bertz CT molecular complexity index is 539. The summed E-state index contributed by atoms with van der Waals surface area (Å²) in [7, 11) is -3.40. The van der Waals surface area contributed by atoms with Gasteiger partial charge in [-0.25, -0.2) is 13.1 Å². The topological polar surface area (TPSA) is 49.4 Å². The highest BCUT2D eigenvalue weighted by Gasteiger charge is 2.18. The van der Waals surface area contributed by atoms with Crippen molar-refractivity contribution < 1.29 is 8.42 Å². The molecule has 0 amide bonds. The first-order chi connectivity index (χ1) is 10.0. The maximum atomic E-state index is 12.2. The fourth-order valence-corrected chi connectivity index (χ4v) is 4.10. The first kappa shape index (κ1) is 16.9. The van der Waals surface area contributed by atoms with E-state index in [-0.39, 0.29) is 0 Å². The monoisotopic (exact) mass is 374 g/mol. The molecule has 0 bridgehead atoms. The number of rotatable bonds is 7. The molecule has 1 saturated heterocycles. The maximum Gasteiger partial charge on any atom is 0.240 e. The fraction of sp³-hybridized carbons (Fsp3) is 0.600. The minimum absolute atomic E-state index is 0.319. The maximum absolute atomic E-state index is 12.2. The molecule has 1 unspecified atom stereocenters. The van der Waals surface area contributed by atoms with E-state index in [1.165, 1.54) is 12.8 Å². The number of likely N-dealkylation sites (tertiary alicyclic amines) is 1. The van der Waals surface area contributed by atoms with Crippen LogP contribution in [0.5, 0.6) is 0 Å². The van der Waals surface area contributed by atoms with Crippen molar-refractivity contribution in [2.75, 3.05) is 26.2 Å². The molecule has 0 aliphatic carbocycles. The largest absolute Gasteiger partial charge is 0.303 e. The lowest BCUT2D eigenvalue weighted by molar-refractivity contribution is 0.288. The summed E-state index contributed by atoms with van der Waals surface area (Å²) in [5.74, 6) is 0.319. The van der Waals surface area contributed by atoms with E-state index in [2.05, 4.69) is 32.5 Å². The SMILES string of the molecule is CC(CNS(=O)(=O)c1ccc(CBr)cc1)CN1CCCC1. The van der Waals surface area contributed by atoms with Crippen molar-refractivity contribution in [3.05, 3.63) is 29.8 Å². The van der Waals surface area contributed by atoms with E-state index in [4.69, 9.17) is 0 Å². The number of hydrogen-bond donors (Lipinski definition) is 1. The fourth-order valence-electron chi connectivity index (χ4n) is 2.56. The lowest BCUT2D eigenvalue weighted by Gasteiger charge is -2.20. The van der Waals surface area contributed by atoms with Gasteiger partial charge < -0.3 is 4.90 Å². The van der Waals surface area contributed by atoms with Gasteiger partial charge in [0.05, 0.1) is 4.90 Å². The predicted molar refractivity (Wildman–Crippen MR) is 89.1 cm³/mol. The van der Waals surface area contributed by atoms with E-state index in [0.717, 1.165) is 30.5 Å². The summed E-state index contributed by atoms with van der Waals surface area (Å²) >= 11 is 3.35. The number of nitrogens with zero attached hydrogens (tertiary/aromatic N) is 1. The molecule has 118 valence electrons. The van der Waals surface area contributed by atoms with Crippen LogP contribution in [0.25, 0.3) is 0 Å². The van der Waals surface area contributed by atoms with Gasteiger partial charge in [0.2, 0.25) is 10.0 Å². The molecule has 2 rings (SSSR count). The molecule has 1 heterocycles. The van der Waals surface area contributed by atoms with Gasteiger partial charge in [-0.2, -0.15) is 0 Å². The van der Waals surface area contributed by atoms with E-state index in [1.807, 2.05) is 12.1 Å². The lowest BCUT2D eigenvalue weighted by Crippen LogP contribution is -2.34. The molecule has 1 atom stereocenters. The molecule has 0 spiro atoms. The van der Waals surface area contributed by atoms with Crippen molar-refractivity contribution in [2.45, 2.75) is 30.0 Å². The standard InChI is InChI=1S/C15H23BrN2O2S/c1-13(12-18-8-2-3-9-18)11-17-21(19,20)15-6-4-14(10-16)5-7-15/h4-7,13,17H,2-3,8-12H2,1H3. The molecule has 1 N–H and O–H groups in total. The Hall–Kier alpha value is -0.430. The highest BCUT2D eigenvalue weighted by Crippen LogP contribution is 2.14. The van der Waals surface area contributed by atoms with Gasteiger partial charge in [-0.3, -0.25) is 0 Å². The third-order valence-corrected chi connectivity index (χ3v) is 5.87. The Morgan fingerprint density at radius 2 is 1.86 bits per heavy atom. The average Bonchev–Trinajstić information content (AvgIpc) is 2.98. The quantitative estimate of drug-likeness (QED) is 0.746. The Balaban J connectivity index is 1.87. The predicted octanol–water partition coefficient (Wildman–Crippen LogP) is 2.59. The van der Waals surface area contributed by atoms with Crippen molar-refractivity contribution in [3.8, 4) is 0 Å². The summed E-state index contributed by atoms with van der Waals surface area (Å²) in [6, 6.07) is 6.97. The van der Waals surface area contributed by atoms with Crippen LogP contribution in [0.1, 0.15) is 25.3 Å². The Morgan fingerprint density at radius 1 is 1.24 bits per heavy atom. The summed E-state index contributed by atoms with van der Waals surface area (Å²) in [6.07, 6.45) is 2.52. The van der Waals surface area contributed by atoms with Crippen LogP contribution in [-0.4, -0.2) is 39.5 Å². The second kappa shape index (κ2) is 7.72. The highest BCUT2D eigenvalue weighted by molar-refractivity contribution is 9.08. The van der Waals surface area contributed by atoms with Gasteiger partial charge in [-0.1, -0.05) is 35.0 Å². The summed E-state index contributed by atoms with van der Waals surface area (Å²) in [4.78, 5) is 2.74. The molecule has 6 heteroatoms. The van der Waals surface area contributed by atoms with Gasteiger partial charge in [0.1, 0.15) is 0 Å². The van der Waals surface area contributed by atoms with Crippen LogP contribution >= 0.6 is 15.9 Å². The van der Waals surface area contributed by atoms with Gasteiger partial charge in [0.25, 0.3) is 0 Å². The molecule has 21 heavy (non-hydrogen) atoms. The molecule has 4 nitrogen and oxygen atoms in total. The number of nitrogens with one attached hydrogen (secondary N) is 1. The van der Waals surface area contributed by atoms with Gasteiger partial charge in [0, 0.05) is 18.4 Å². The van der Waals surface area contributed by atoms with Crippen LogP contribution in [0.4, 0.5) is 0 Å². The highest BCUT2D eigenvalue weighted by atomic mass is 79.9. The molecule has 0 aromatic heterocycles. The first-order valence-corrected chi connectivity index (χ1v) is 9.98. The zero-order valence-electron chi connectivity index (χ0n) is 12.4. The van der Waals surface area contributed by atoms with E-state index < -0.39 is 10.0 Å². The number of sulfonamides is 1. The molecule has 0 saturated carbocycles. The van der Waals surface area contributed by atoms with E-state index in [0.29, 0.717) is 17.4 Å². The Morgan fingerprint density at radius 3 is 2.43 bits per heavy atom. The zero-order chi connectivity index (χ0) is 15.3. The molecule has 0 radical (unpaired) electrons. The van der Waals surface area contributed by atoms with Crippen LogP contribution in [0.15, 0.2) is 29.2 Å². The Kier molecular flexibility index (Phi) is 6.22. The van der Waals surface area contributed by atoms with Crippen LogP contribution in [-0.2, 0) is 15.4 Å². The number of benzene rings is 1.